The maximum absolute atomic E-state index is 14.3. The molecule has 3 fully saturated rings. The Kier molecular flexibility index (Phi) is 20.6. The van der Waals surface area contributed by atoms with E-state index in [2.05, 4.69) is 20.9 Å². The summed E-state index contributed by atoms with van der Waals surface area (Å²) in [6.45, 7) is 5.05. The van der Waals surface area contributed by atoms with E-state index in [4.69, 9.17) is 43.6 Å². The molecule has 0 aromatic heterocycles. The molecule has 6 amide bonds. The number of imide groups is 1. The summed E-state index contributed by atoms with van der Waals surface area (Å²) in [6.07, 6.45) is -3.16. The van der Waals surface area contributed by atoms with Crippen molar-refractivity contribution in [1.82, 2.24) is 20.4 Å². The molecule has 8 N–H and O–H groups in total. The van der Waals surface area contributed by atoms with E-state index in [0.717, 1.165) is 4.90 Å². The molecule has 89 heavy (non-hydrogen) atoms. The summed E-state index contributed by atoms with van der Waals surface area (Å²) in [5.41, 5.74) is 1.64. The SMILES string of the molecule is COc1cccc2c1C(=O)c1c(O)c3c(c(O)c1C2=O)C[C@@](O)(C(=O)COC(=O)OCc1ccc(NC(=O)[C@@H](CCCNC(N)=O)CC(=O)[C@H](NC(=O)CCCCCN2C(=O)C=CC2=O)C(C)C)cc1)C[C@@H]3O[C@H]1C[C@H]2[C@H](O[C@@H]3[C@@H](OC)OCCN32)[C@H](C)O1. The van der Waals surface area contributed by atoms with Crippen molar-refractivity contribution in [2.75, 3.05) is 52.4 Å². The third-order valence-corrected chi connectivity index (χ3v) is 17.0. The van der Waals surface area contributed by atoms with Crippen LogP contribution in [0, 0.1) is 11.8 Å². The minimum absolute atomic E-state index is 0.0446. The zero-order chi connectivity index (χ0) is 64.0. The van der Waals surface area contributed by atoms with Crippen LogP contribution >= 0.6 is 0 Å². The summed E-state index contributed by atoms with van der Waals surface area (Å²) in [4.78, 5) is 135. The number of hydrogen-bond acceptors (Lipinski definition) is 22. The molecule has 0 saturated carbocycles. The highest BCUT2D eigenvalue weighted by Crippen LogP contribution is 2.53. The number of ketones is 4. The minimum Gasteiger partial charge on any atom is -0.507 e. The third-order valence-electron chi connectivity index (χ3n) is 17.0. The maximum atomic E-state index is 14.3. The Balaban J connectivity index is 0.827. The van der Waals surface area contributed by atoms with Gasteiger partial charge in [-0.05, 0) is 62.3 Å². The normalized spacial score (nSPS) is 24.2. The van der Waals surface area contributed by atoms with Gasteiger partial charge in [0.15, 0.2) is 37.0 Å². The molecule has 3 aromatic rings. The van der Waals surface area contributed by atoms with Crippen LogP contribution < -0.4 is 26.4 Å². The molecule has 2 aliphatic carbocycles. The number of urea groups is 1. The fraction of sp³-hybridized carbons (Fsp3) is 0.516. The predicted octanol–water partition coefficient (Wildman–Crippen LogP) is 3.66. The molecule has 478 valence electrons. The van der Waals surface area contributed by atoms with Crippen molar-refractivity contribution in [3.8, 4) is 17.2 Å². The van der Waals surface area contributed by atoms with Gasteiger partial charge >= 0.3 is 12.2 Å². The topological polar surface area (TPSA) is 374 Å². The van der Waals surface area contributed by atoms with Gasteiger partial charge in [-0.2, -0.15) is 0 Å². The summed E-state index contributed by atoms with van der Waals surface area (Å²) in [5, 5.41) is 44.6. The highest BCUT2D eigenvalue weighted by atomic mass is 16.7. The summed E-state index contributed by atoms with van der Waals surface area (Å²) < 4.78 is 46.5. The number of methoxy groups -OCH3 is 2. The van der Waals surface area contributed by atoms with Gasteiger partial charge in [0.05, 0.1) is 48.7 Å². The lowest BCUT2D eigenvalue weighted by atomic mass is 9.72. The van der Waals surface area contributed by atoms with Gasteiger partial charge in [0.25, 0.3) is 11.8 Å². The number of phenolic OH excluding ortho intramolecular Hbond substituents is 2. The number of rotatable bonds is 26. The Morgan fingerprint density at radius 2 is 1.61 bits per heavy atom. The van der Waals surface area contributed by atoms with Crippen LogP contribution in [0.5, 0.6) is 17.2 Å². The minimum atomic E-state index is -2.50. The second kappa shape index (κ2) is 28.1. The first-order valence-corrected chi connectivity index (χ1v) is 29.6. The van der Waals surface area contributed by atoms with Gasteiger partial charge in [0.1, 0.15) is 35.6 Å². The lowest BCUT2D eigenvalue weighted by molar-refractivity contribution is -0.256. The molecule has 10 atom stereocenters. The molecule has 0 bridgehead atoms. The van der Waals surface area contributed by atoms with Crippen molar-refractivity contribution in [1.29, 1.82) is 0 Å². The quantitative estimate of drug-likeness (QED) is 0.0204. The molecular formula is C62H74N6O21. The van der Waals surface area contributed by atoms with E-state index in [1.165, 1.54) is 68.8 Å². The van der Waals surface area contributed by atoms with Crippen LogP contribution in [0.1, 0.15) is 133 Å². The van der Waals surface area contributed by atoms with Gasteiger partial charge in [0, 0.05) is 105 Å². The number of nitrogens with zero attached hydrogens (tertiary/aromatic N) is 2. The Morgan fingerprint density at radius 1 is 0.876 bits per heavy atom. The van der Waals surface area contributed by atoms with Crippen LogP contribution in [-0.2, 0) is 75.0 Å². The summed E-state index contributed by atoms with van der Waals surface area (Å²) in [5.74, 6) is -7.51. The number of carbonyl (C=O) groups is 10. The van der Waals surface area contributed by atoms with Gasteiger partial charge < -0.3 is 74.9 Å². The number of nitrogens with one attached hydrogen (secondary N) is 3. The van der Waals surface area contributed by atoms with E-state index < -0.39 is 132 Å². The van der Waals surface area contributed by atoms with E-state index in [-0.39, 0.29) is 115 Å². The van der Waals surface area contributed by atoms with Gasteiger partial charge in [0.2, 0.25) is 23.4 Å². The van der Waals surface area contributed by atoms with Crippen molar-refractivity contribution >= 4 is 64.6 Å². The van der Waals surface area contributed by atoms with Crippen molar-refractivity contribution in [3.05, 3.63) is 93.6 Å². The second-order valence-corrected chi connectivity index (χ2v) is 23.2. The molecule has 0 unspecified atom stereocenters. The zero-order valence-corrected chi connectivity index (χ0v) is 49.9. The molecule has 3 saturated heterocycles. The highest BCUT2D eigenvalue weighted by molar-refractivity contribution is 6.31. The lowest BCUT2D eigenvalue weighted by Gasteiger charge is -2.43. The van der Waals surface area contributed by atoms with Gasteiger partial charge in [-0.3, -0.25) is 48.2 Å². The Hall–Kier alpha value is -8.18. The number of phenols is 2. The van der Waals surface area contributed by atoms with Crippen LogP contribution in [0.4, 0.5) is 15.3 Å². The maximum Gasteiger partial charge on any atom is 0.509 e. The molecule has 4 aliphatic heterocycles. The van der Waals surface area contributed by atoms with E-state index in [1.807, 2.05) is 0 Å². The number of carbonyl (C=O) groups excluding carboxylic acids is 10. The number of nitrogens with two attached hydrogens (primary N) is 1. The lowest BCUT2D eigenvalue weighted by Crippen LogP contribution is -2.55. The predicted molar refractivity (Wildman–Crippen MR) is 309 cm³/mol. The monoisotopic (exact) mass is 1240 g/mol. The van der Waals surface area contributed by atoms with Crippen LogP contribution in [0.3, 0.4) is 0 Å². The number of aliphatic hydroxyl groups is 1. The number of fused-ring (bicyclic) bond motifs is 6. The number of benzene rings is 3. The van der Waals surface area contributed by atoms with E-state index in [0.29, 0.717) is 43.7 Å². The number of unbranched alkanes of at least 4 members (excludes halogenated alkanes) is 2. The molecule has 6 aliphatic rings. The highest BCUT2D eigenvalue weighted by Gasteiger charge is 2.55. The number of aromatic hydroxyl groups is 2. The smallest absolute Gasteiger partial charge is 0.507 e. The summed E-state index contributed by atoms with van der Waals surface area (Å²) >= 11 is 0. The number of hydrogen-bond donors (Lipinski definition) is 7. The number of ether oxygens (including phenoxy) is 8. The first-order valence-electron chi connectivity index (χ1n) is 29.6. The van der Waals surface area contributed by atoms with Crippen molar-refractivity contribution < 1.29 is 101 Å². The first kappa shape index (κ1) is 65.3. The molecule has 3 aromatic carbocycles. The Bertz CT molecular complexity index is 3280. The fourth-order valence-corrected chi connectivity index (χ4v) is 12.4. The average Bonchev–Trinajstić information content (AvgIpc) is 1.30. The number of primary amides is 1. The van der Waals surface area contributed by atoms with Crippen molar-refractivity contribution in [3.63, 3.8) is 0 Å². The van der Waals surface area contributed by atoms with Crippen LogP contribution in [0.2, 0.25) is 0 Å². The van der Waals surface area contributed by atoms with Crippen LogP contribution in [0.15, 0.2) is 54.6 Å². The first-order chi connectivity index (χ1) is 42.5. The number of anilines is 1. The molecule has 4 heterocycles. The molecular weight excluding hydrogens is 1160 g/mol. The van der Waals surface area contributed by atoms with Crippen molar-refractivity contribution in [2.45, 2.75) is 146 Å². The standard InChI is InChI=1S/C62H74N6O21/c1-31(2)51(66-43(71)14-7-6-8-22-68-44(72)19-20-45(68)73)39(69)25-34(11-10-21-64-60(63)79)57(78)65-35-17-15-33(16-18-35)29-85-61(80)86-30-42(70)62(81)27-37-48(55(77)50-49(53(37)75)52(74)36-12-9-13-40(82-4)47(36)54(50)76)41(28-62)88-46-26-38-56(32(3)87-46)89-58-59(83-5)84-24-23-67(38)58/h9,12-13,15-20,31-32,34,38,41,46,51,56,58-59,75,77,81H,6-8,10-11,14,21-30H2,1-5H3,(H,65,78)(H,66,71)(H3,63,64,79)/t32-,34-,38-,41-,46-,51+,56+,58+,59-,62-/m0/s1. The summed E-state index contributed by atoms with van der Waals surface area (Å²) in [7, 11) is 2.81. The number of morpholine rings is 1. The van der Waals surface area contributed by atoms with Crippen LogP contribution in [0.25, 0.3) is 0 Å². The largest absolute Gasteiger partial charge is 0.509 e. The zero-order valence-electron chi connectivity index (χ0n) is 49.9. The fourth-order valence-electron chi connectivity index (χ4n) is 12.4. The third kappa shape index (κ3) is 14.3. The average molecular weight is 1240 g/mol. The second-order valence-electron chi connectivity index (χ2n) is 23.2. The molecule has 0 spiro atoms. The molecule has 0 radical (unpaired) electrons. The van der Waals surface area contributed by atoms with Gasteiger partial charge in [-0.25, -0.2) is 9.59 Å². The van der Waals surface area contributed by atoms with E-state index in [9.17, 15) is 63.3 Å². The van der Waals surface area contributed by atoms with E-state index >= 15 is 0 Å². The van der Waals surface area contributed by atoms with Gasteiger partial charge in [-0.1, -0.05) is 44.5 Å². The van der Waals surface area contributed by atoms with Crippen LogP contribution in [-0.4, -0.2) is 180 Å². The summed E-state index contributed by atoms with van der Waals surface area (Å²) in [6, 6.07) is 8.42. The Labute approximate surface area is 511 Å². The number of Topliss-reactive ketones (excluding diaryl/α,β-unsaturated/α-hetero) is 2. The van der Waals surface area contributed by atoms with Gasteiger partial charge in [-0.15, -0.1) is 0 Å². The van der Waals surface area contributed by atoms with Crippen molar-refractivity contribution in [2.24, 2.45) is 17.6 Å². The number of amides is 6. The molecule has 27 nitrogen and oxygen atoms in total. The van der Waals surface area contributed by atoms with E-state index in [1.54, 1.807) is 20.8 Å². The molecule has 27 heteroatoms. The molecule has 9 rings (SSSR count). The Morgan fingerprint density at radius 3 is 2.30 bits per heavy atom.